The van der Waals surface area contributed by atoms with Crippen LogP contribution < -0.4 is 0 Å². The minimum Gasteiger partial charge on any atom is -0.325 e. The van der Waals surface area contributed by atoms with Crippen LogP contribution in [0.4, 0.5) is 0 Å². The second-order valence-corrected chi connectivity index (χ2v) is 2.29. The first-order chi connectivity index (χ1) is 5.93. The van der Waals surface area contributed by atoms with Gasteiger partial charge in [-0.2, -0.15) is 0 Å². The van der Waals surface area contributed by atoms with Crippen LogP contribution in [-0.4, -0.2) is 32.2 Å². The third-order valence-electron chi connectivity index (χ3n) is 1.27. The van der Waals surface area contributed by atoms with Gasteiger partial charge in [0.1, 0.15) is 0 Å². The predicted octanol–water partition coefficient (Wildman–Crippen LogP) is -0.487. The van der Waals surface area contributed by atoms with Gasteiger partial charge < -0.3 is 15.3 Å². The van der Waals surface area contributed by atoms with Crippen molar-refractivity contribution >= 4 is 5.91 Å². The lowest BCUT2D eigenvalue weighted by Gasteiger charge is -2.26. The van der Waals surface area contributed by atoms with Crippen LogP contribution in [0.25, 0.3) is 0 Å². The van der Waals surface area contributed by atoms with Gasteiger partial charge in [0.2, 0.25) is 5.91 Å². The van der Waals surface area contributed by atoms with E-state index in [9.17, 15) is 4.79 Å². The molecule has 0 saturated heterocycles. The molecule has 0 spiro atoms. The summed E-state index contributed by atoms with van der Waals surface area (Å²) in [5.41, 5.74) is 0. The molecule has 5 nitrogen and oxygen atoms in total. The van der Waals surface area contributed by atoms with Crippen LogP contribution in [-0.2, 0) is 4.79 Å². The summed E-state index contributed by atoms with van der Waals surface area (Å²) in [5.74, 6) is -0.620. The monoisotopic (exact) mass is 187 g/mol. The van der Waals surface area contributed by atoms with Gasteiger partial charge in [0.05, 0.1) is 0 Å². The lowest BCUT2D eigenvalue weighted by Crippen LogP contribution is -2.48. The Morgan fingerprint density at radius 1 is 1.54 bits per heavy atom. The molecular formula is C8H13NO4. The maximum atomic E-state index is 11.0. The average Bonchev–Trinajstić information content (AvgIpc) is 2.02. The highest BCUT2D eigenvalue weighted by Gasteiger charge is 2.30. The Labute approximate surface area is 76.2 Å². The van der Waals surface area contributed by atoms with Crippen molar-refractivity contribution in [2.45, 2.75) is 19.4 Å². The van der Waals surface area contributed by atoms with Gasteiger partial charge in [-0.1, -0.05) is 19.6 Å². The summed E-state index contributed by atoms with van der Waals surface area (Å²) in [4.78, 5) is 11.4. The predicted molar refractivity (Wildman–Crippen MR) is 45.9 cm³/mol. The molecule has 0 aliphatic heterocycles. The fourth-order valence-electron chi connectivity index (χ4n) is 0.668. The van der Waals surface area contributed by atoms with Gasteiger partial charge in [-0.15, -0.1) is 0 Å². The summed E-state index contributed by atoms with van der Waals surface area (Å²) < 4.78 is 0. The quantitative estimate of drug-likeness (QED) is 0.410. The second kappa shape index (κ2) is 4.76. The van der Waals surface area contributed by atoms with Crippen molar-refractivity contribution in [1.82, 2.24) is 4.90 Å². The maximum absolute atomic E-state index is 11.0. The van der Waals surface area contributed by atoms with Crippen molar-refractivity contribution in [3.05, 3.63) is 24.9 Å². The van der Waals surface area contributed by atoms with Crippen LogP contribution in [0.5, 0.6) is 0 Å². The molecule has 0 radical (unpaired) electrons. The van der Waals surface area contributed by atoms with E-state index in [-0.39, 0.29) is 6.42 Å². The van der Waals surface area contributed by atoms with Gasteiger partial charge >= 0.3 is 6.10 Å². The van der Waals surface area contributed by atoms with Gasteiger partial charge in [-0.25, -0.2) is 4.90 Å². The zero-order valence-electron chi connectivity index (χ0n) is 7.34. The highest BCUT2D eigenvalue weighted by Crippen LogP contribution is 2.07. The summed E-state index contributed by atoms with van der Waals surface area (Å²) in [6.45, 7) is 4.86. The van der Waals surface area contributed by atoms with E-state index in [0.29, 0.717) is 4.90 Å². The molecule has 0 saturated carbocycles. The third kappa shape index (κ3) is 3.84. The fourth-order valence-corrected chi connectivity index (χ4v) is 0.668. The molecule has 0 aromatic carbocycles. The number of carbonyl (C=O) groups excluding carboxylic acids is 1. The highest BCUT2D eigenvalue weighted by atomic mass is 16.7. The van der Waals surface area contributed by atoms with Crippen LogP contribution in [0.2, 0.25) is 0 Å². The molecule has 13 heavy (non-hydrogen) atoms. The number of carbonyl (C=O) groups is 1. The summed E-state index contributed by atoms with van der Waals surface area (Å²) in [7, 11) is 0. The van der Waals surface area contributed by atoms with E-state index in [1.54, 1.807) is 0 Å². The van der Waals surface area contributed by atoms with Gasteiger partial charge in [-0.3, -0.25) is 4.79 Å². The lowest BCUT2D eigenvalue weighted by molar-refractivity contribution is -0.371. The topological polar surface area (TPSA) is 81.0 Å². The third-order valence-corrected chi connectivity index (χ3v) is 1.27. The molecule has 0 aliphatic carbocycles. The number of allylic oxidation sites excluding steroid dienone is 2. The Morgan fingerprint density at radius 3 is 2.38 bits per heavy atom. The summed E-state index contributed by atoms with van der Waals surface area (Å²) in [6, 6.07) is 0. The van der Waals surface area contributed by atoms with Crippen LogP contribution in [0.15, 0.2) is 24.9 Å². The molecule has 0 aromatic rings. The molecule has 0 rings (SSSR count). The molecule has 0 fully saturated rings. The van der Waals surface area contributed by atoms with Crippen molar-refractivity contribution < 1.29 is 20.1 Å². The molecule has 0 bridgehead atoms. The Kier molecular flexibility index (Phi) is 4.33. The normalized spacial score (nSPS) is 11.7. The number of nitrogens with zero attached hydrogens (tertiary/aromatic N) is 1. The number of aliphatic hydroxyl groups is 3. The molecule has 74 valence electrons. The molecule has 0 unspecified atom stereocenters. The van der Waals surface area contributed by atoms with Crippen LogP contribution in [0.3, 0.4) is 0 Å². The largest absolute Gasteiger partial charge is 0.375 e. The molecule has 3 N–H and O–H groups in total. The first-order valence-electron chi connectivity index (χ1n) is 3.72. The number of hydrogen-bond donors (Lipinski definition) is 3. The van der Waals surface area contributed by atoms with Crippen LogP contribution in [0.1, 0.15) is 13.3 Å². The van der Waals surface area contributed by atoms with E-state index in [0.717, 1.165) is 6.20 Å². The molecule has 0 atom stereocenters. The highest BCUT2D eigenvalue weighted by molar-refractivity contribution is 5.77. The van der Waals surface area contributed by atoms with E-state index in [4.69, 9.17) is 15.3 Å². The molecule has 0 heterocycles. The Hall–Kier alpha value is -1.17. The maximum Gasteiger partial charge on any atom is 0.375 e. The lowest BCUT2D eigenvalue weighted by atomic mass is 10.4. The van der Waals surface area contributed by atoms with Gasteiger partial charge in [-0.05, 0) is 6.08 Å². The van der Waals surface area contributed by atoms with Crippen LogP contribution in [0, 0.1) is 0 Å². The zero-order chi connectivity index (χ0) is 10.5. The van der Waals surface area contributed by atoms with Crippen molar-refractivity contribution in [3.63, 3.8) is 0 Å². The number of amides is 1. The van der Waals surface area contributed by atoms with Gasteiger partial charge in [0.25, 0.3) is 0 Å². The van der Waals surface area contributed by atoms with E-state index < -0.39 is 12.0 Å². The molecule has 1 amide bonds. The smallest absolute Gasteiger partial charge is 0.325 e. The molecular weight excluding hydrogens is 174 g/mol. The molecule has 0 aliphatic rings. The first-order valence-corrected chi connectivity index (χ1v) is 3.72. The van der Waals surface area contributed by atoms with E-state index in [1.807, 2.05) is 0 Å². The van der Waals surface area contributed by atoms with Gasteiger partial charge in [0, 0.05) is 12.6 Å². The fraction of sp³-hybridized carbons (Fsp3) is 0.375. The van der Waals surface area contributed by atoms with E-state index >= 15 is 0 Å². The number of hydrogen-bond acceptors (Lipinski definition) is 4. The SMILES string of the molecule is C=C/C=C\N(C(=O)CC)C(O)(O)O. The average molecular weight is 187 g/mol. The summed E-state index contributed by atoms with van der Waals surface area (Å²) in [6.07, 6.45) is 0.545. The van der Waals surface area contributed by atoms with E-state index in [1.165, 1.54) is 19.1 Å². The number of rotatable bonds is 4. The Bertz CT molecular complexity index is 217. The van der Waals surface area contributed by atoms with Crippen molar-refractivity contribution in [3.8, 4) is 0 Å². The zero-order valence-corrected chi connectivity index (χ0v) is 7.34. The van der Waals surface area contributed by atoms with Crippen molar-refractivity contribution in [1.29, 1.82) is 0 Å². The van der Waals surface area contributed by atoms with Crippen molar-refractivity contribution in [2.75, 3.05) is 0 Å². The molecule has 5 heteroatoms. The standard InChI is InChI=1S/C8H13NO4/c1-3-5-6-9(7(10)4-2)8(11,12)13/h3,5-6,11-13H,1,4H2,2H3/b6-5-. The Morgan fingerprint density at radius 2 is 2.08 bits per heavy atom. The van der Waals surface area contributed by atoms with Crippen molar-refractivity contribution in [2.24, 2.45) is 0 Å². The first kappa shape index (κ1) is 11.8. The minimum atomic E-state index is -3.16. The van der Waals surface area contributed by atoms with E-state index in [2.05, 4.69) is 6.58 Å². The Balaban J connectivity index is 4.65. The van der Waals surface area contributed by atoms with Gasteiger partial charge in [0.15, 0.2) is 0 Å². The molecule has 0 aromatic heterocycles. The second-order valence-electron chi connectivity index (χ2n) is 2.29. The van der Waals surface area contributed by atoms with Crippen LogP contribution >= 0.6 is 0 Å². The minimum absolute atomic E-state index is 0.0465. The summed E-state index contributed by atoms with van der Waals surface area (Å²) >= 11 is 0. The summed E-state index contributed by atoms with van der Waals surface area (Å²) in [5, 5.41) is 26.2.